The Morgan fingerprint density at radius 3 is 2.00 bits per heavy atom. The zero-order valence-electron chi connectivity index (χ0n) is 3.93. The molecule has 0 unspecified atom stereocenters. The van der Waals surface area contributed by atoms with Gasteiger partial charge in [-0.3, -0.25) is 11.5 Å². The fourth-order valence-corrected chi connectivity index (χ4v) is 0.217. The Hall–Kier alpha value is 0.0800. The lowest BCUT2D eigenvalue weighted by Crippen LogP contribution is -2.52. The van der Waals surface area contributed by atoms with Crippen LogP contribution in [0, 0.1) is 0 Å². The lowest BCUT2D eigenvalue weighted by Gasteiger charge is -2.10. The van der Waals surface area contributed by atoms with E-state index in [9.17, 15) is 4.79 Å². The summed E-state index contributed by atoms with van der Waals surface area (Å²) in [6, 6.07) is 0. The number of hydrogen-bond acceptors (Lipinski definition) is 5. The van der Waals surface area contributed by atoms with E-state index in [4.69, 9.17) is 11.5 Å². The van der Waals surface area contributed by atoms with E-state index in [0.29, 0.717) is 0 Å². The first-order valence-electron chi connectivity index (χ1n) is 1.66. The summed E-state index contributed by atoms with van der Waals surface area (Å²) in [6.07, 6.45) is 0. The quantitative estimate of drug-likeness (QED) is 0.166. The molecule has 6 N–H and O–H groups in total. The maximum absolute atomic E-state index is 10.2. The van der Waals surface area contributed by atoms with Gasteiger partial charge in [0.05, 0.1) is 0 Å². The van der Waals surface area contributed by atoms with Gasteiger partial charge in [-0.1, -0.05) is 0 Å². The number of nitrogens with two attached hydrogens (primary N) is 3. The molecule has 0 aromatic heterocycles. The van der Waals surface area contributed by atoms with Crippen molar-refractivity contribution >= 4 is 28.6 Å². The van der Waals surface area contributed by atoms with Crippen molar-refractivity contribution in [1.82, 2.24) is 0 Å². The van der Waals surface area contributed by atoms with Crippen LogP contribution in [-0.2, 0) is 9.63 Å². The maximum atomic E-state index is 10.2. The summed E-state index contributed by atoms with van der Waals surface area (Å²) in [5.41, 5.74) is 10.00. The molecule has 5 nitrogen and oxygen atoms in total. The lowest BCUT2D eigenvalue weighted by molar-refractivity contribution is -0.146. The van der Waals surface area contributed by atoms with Crippen molar-refractivity contribution in [2.45, 2.75) is 3.67 Å². The summed E-state index contributed by atoms with van der Waals surface area (Å²) in [4.78, 5) is 13.9. The van der Waals surface area contributed by atoms with E-state index in [1.165, 1.54) is 22.6 Å². The minimum atomic E-state index is -1.51. The Balaban J connectivity index is 3.82. The van der Waals surface area contributed by atoms with Crippen LogP contribution in [0.3, 0.4) is 0 Å². The van der Waals surface area contributed by atoms with Crippen LogP contribution in [0.25, 0.3) is 0 Å². The van der Waals surface area contributed by atoms with Crippen LogP contribution in [0.2, 0.25) is 0 Å². The van der Waals surface area contributed by atoms with Gasteiger partial charge in [-0.15, -0.1) is 0 Å². The SMILES string of the molecule is NOC(=O)C(N)(N)I. The molecular weight excluding hydrogens is 225 g/mol. The monoisotopic (exact) mass is 231 g/mol. The zero-order valence-corrected chi connectivity index (χ0v) is 6.08. The van der Waals surface area contributed by atoms with Gasteiger partial charge in [0.1, 0.15) is 0 Å². The van der Waals surface area contributed by atoms with E-state index in [-0.39, 0.29) is 0 Å². The molecule has 0 saturated heterocycles. The molecule has 0 atom stereocenters. The zero-order chi connectivity index (χ0) is 6.78. The van der Waals surface area contributed by atoms with Crippen LogP contribution < -0.4 is 17.4 Å². The standard InChI is InChI=1S/C2H6IN3O2/c3-2(4,5)1(7)8-6/h4-6H2. The second kappa shape index (κ2) is 2.58. The Bertz CT molecular complexity index is 97.9. The summed E-state index contributed by atoms with van der Waals surface area (Å²) < 4.78 is -1.51. The van der Waals surface area contributed by atoms with Gasteiger partial charge in [-0.25, -0.2) is 4.79 Å². The second-order valence-electron chi connectivity index (χ2n) is 1.17. The molecule has 0 saturated carbocycles. The van der Waals surface area contributed by atoms with Crippen molar-refractivity contribution in [1.29, 1.82) is 0 Å². The first-order valence-corrected chi connectivity index (χ1v) is 2.74. The minimum absolute atomic E-state index is 0.849. The number of carbonyl (C=O) groups excluding carboxylic acids is 1. The molecule has 0 aliphatic carbocycles. The molecule has 0 fully saturated rings. The largest absolute Gasteiger partial charge is 0.370 e. The van der Waals surface area contributed by atoms with E-state index in [0.717, 1.165) is 0 Å². The molecular formula is C2H6IN3O2. The van der Waals surface area contributed by atoms with Crippen molar-refractivity contribution in [3.63, 3.8) is 0 Å². The predicted molar refractivity (Wildman–Crippen MR) is 35.4 cm³/mol. The van der Waals surface area contributed by atoms with Gasteiger partial charge in [-0.05, 0) is 22.6 Å². The molecule has 48 valence electrons. The average molecular weight is 231 g/mol. The van der Waals surface area contributed by atoms with Crippen LogP contribution >= 0.6 is 22.6 Å². The highest BCUT2D eigenvalue weighted by atomic mass is 127. The fraction of sp³-hybridized carbons (Fsp3) is 0.500. The van der Waals surface area contributed by atoms with Gasteiger partial charge in [-0.2, -0.15) is 5.90 Å². The minimum Gasteiger partial charge on any atom is -0.370 e. The Morgan fingerprint density at radius 1 is 1.62 bits per heavy atom. The number of hydrogen-bond donors (Lipinski definition) is 3. The topological polar surface area (TPSA) is 104 Å². The normalized spacial score (nSPS) is 11.0. The Kier molecular flexibility index (Phi) is 2.60. The van der Waals surface area contributed by atoms with Gasteiger partial charge in [0.25, 0.3) is 0 Å². The number of alkyl halides is 1. The molecule has 6 heteroatoms. The van der Waals surface area contributed by atoms with Crippen molar-refractivity contribution in [3.05, 3.63) is 0 Å². The maximum Gasteiger partial charge on any atom is 0.369 e. The smallest absolute Gasteiger partial charge is 0.369 e. The third-order valence-corrected chi connectivity index (χ3v) is 0.860. The van der Waals surface area contributed by atoms with Crippen molar-refractivity contribution in [2.24, 2.45) is 17.4 Å². The van der Waals surface area contributed by atoms with E-state index in [1.807, 2.05) is 0 Å². The van der Waals surface area contributed by atoms with Gasteiger partial charge in [0.15, 0.2) is 0 Å². The summed E-state index contributed by atoms with van der Waals surface area (Å²) in [5, 5.41) is 0. The van der Waals surface area contributed by atoms with Crippen LogP contribution in [0.5, 0.6) is 0 Å². The van der Waals surface area contributed by atoms with E-state index >= 15 is 0 Å². The van der Waals surface area contributed by atoms with Gasteiger partial charge in [0, 0.05) is 0 Å². The molecule has 0 aromatic carbocycles. The fourth-order valence-electron chi connectivity index (χ4n) is 0.0903. The molecule has 0 aliphatic rings. The van der Waals surface area contributed by atoms with Gasteiger partial charge < -0.3 is 4.84 Å². The number of rotatable bonds is 1. The van der Waals surface area contributed by atoms with E-state index in [2.05, 4.69) is 10.7 Å². The molecule has 0 spiro atoms. The van der Waals surface area contributed by atoms with Crippen LogP contribution in [0.4, 0.5) is 0 Å². The first-order chi connectivity index (χ1) is 3.48. The summed E-state index contributed by atoms with van der Waals surface area (Å²) >= 11 is 1.50. The van der Waals surface area contributed by atoms with Gasteiger partial charge >= 0.3 is 5.97 Å². The highest BCUT2D eigenvalue weighted by Crippen LogP contribution is 2.02. The predicted octanol–water partition coefficient (Wildman–Crippen LogP) is -1.59. The molecule has 0 aliphatic heterocycles. The molecule has 0 aromatic rings. The van der Waals surface area contributed by atoms with Crippen LogP contribution in [0.15, 0.2) is 0 Å². The first kappa shape index (κ1) is 8.08. The van der Waals surface area contributed by atoms with Crippen molar-refractivity contribution in [2.75, 3.05) is 0 Å². The average Bonchev–Trinajstić information content (AvgIpc) is 1.62. The molecule has 0 heterocycles. The number of carbonyl (C=O) groups is 1. The molecule has 0 amide bonds. The molecule has 0 rings (SSSR count). The third kappa shape index (κ3) is 2.40. The molecule has 8 heavy (non-hydrogen) atoms. The summed E-state index contributed by atoms with van der Waals surface area (Å²) in [7, 11) is 0. The highest BCUT2D eigenvalue weighted by molar-refractivity contribution is 14.1. The summed E-state index contributed by atoms with van der Waals surface area (Å²) in [6.45, 7) is 0. The molecule has 0 bridgehead atoms. The summed E-state index contributed by atoms with van der Waals surface area (Å²) in [5.74, 6) is 3.59. The Labute approximate surface area is 59.6 Å². The molecule has 0 radical (unpaired) electrons. The van der Waals surface area contributed by atoms with Crippen LogP contribution in [0.1, 0.15) is 0 Å². The lowest BCUT2D eigenvalue weighted by atomic mass is 10.6. The van der Waals surface area contributed by atoms with Crippen molar-refractivity contribution < 1.29 is 9.63 Å². The Morgan fingerprint density at radius 2 is 2.00 bits per heavy atom. The number of halogens is 1. The van der Waals surface area contributed by atoms with E-state index < -0.39 is 9.64 Å². The van der Waals surface area contributed by atoms with Crippen molar-refractivity contribution in [3.8, 4) is 0 Å². The van der Waals surface area contributed by atoms with Crippen LogP contribution in [-0.4, -0.2) is 9.64 Å². The highest BCUT2D eigenvalue weighted by Gasteiger charge is 2.26. The second-order valence-corrected chi connectivity index (χ2v) is 2.96. The third-order valence-electron chi connectivity index (χ3n) is 0.420. The van der Waals surface area contributed by atoms with E-state index in [1.54, 1.807) is 0 Å². The van der Waals surface area contributed by atoms with Gasteiger partial charge in [0.2, 0.25) is 3.67 Å².